The molecular formula is C12H11BrN4O2. The molecule has 1 aromatic heterocycles. The van der Waals surface area contributed by atoms with Crippen molar-refractivity contribution in [2.24, 2.45) is 5.73 Å². The third-order valence-electron chi connectivity index (χ3n) is 2.38. The van der Waals surface area contributed by atoms with Crippen LogP contribution in [0.25, 0.3) is 10.9 Å². The maximum Gasteiger partial charge on any atom is 0.318 e. The second-order valence-electron chi connectivity index (χ2n) is 3.80. The molecule has 2 rings (SSSR count). The lowest BCUT2D eigenvalue weighted by Crippen LogP contribution is -2.38. The zero-order valence-electron chi connectivity index (χ0n) is 9.81. The molecule has 0 fully saturated rings. The number of fused-ring (bicyclic) bond motifs is 1. The van der Waals surface area contributed by atoms with Gasteiger partial charge in [-0.3, -0.25) is 15.1 Å². The molecule has 1 heterocycles. The minimum atomic E-state index is -0.869. The first-order valence-electron chi connectivity index (χ1n) is 5.43. The van der Waals surface area contributed by atoms with E-state index in [0.29, 0.717) is 5.69 Å². The van der Waals surface area contributed by atoms with E-state index in [1.54, 1.807) is 12.3 Å². The van der Waals surface area contributed by atoms with Crippen LogP contribution in [0.3, 0.4) is 0 Å². The molecule has 7 heteroatoms. The predicted octanol–water partition coefficient (Wildman–Crippen LogP) is 1.60. The monoisotopic (exact) mass is 322 g/mol. The highest BCUT2D eigenvalue weighted by Gasteiger charge is 2.06. The van der Waals surface area contributed by atoms with E-state index in [4.69, 9.17) is 5.73 Å². The highest BCUT2D eigenvalue weighted by molar-refractivity contribution is 9.10. The number of hydrogen-bond donors (Lipinski definition) is 3. The maximum atomic E-state index is 11.3. The lowest BCUT2D eigenvalue weighted by Gasteiger charge is -2.08. The molecule has 0 saturated carbocycles. The van der Waals surface area contributed by atoms with Crippen LogP contribution in [0, 0.1) is 0 Å². The molecule has 3 amide bonds. The van der Waals surface area contributed by atoms with E-state index in [2.05, 4.69) is 26.2 Å². The van der Waals surface area contributed by atoms with Crippen LogP contribution in [0.15, 0.2) is 34.9 Å². The minimum absolute atomic E-state index is 0.0558. The summed E-state index contributed by atoms with van der Waals surface area (Å²) >= 11 is 3.35. The third-order valence-corrected chi connectivity index (χ3v) is 2.81. The third kappa shape index (κ3) is 3.41. The molecule has 4 N–H and O–H groups in total. The van der Waals surface area contributed by atoms with Gasteiger partial charge < -0.3 is 11.1 Å². The van der Waals surface area contributed by atoms with Gasteiger partial charge in [-0.15, -0.1) is 0 Å². The Morgan fingerprint density at radius 3 is 2.89 bits per heavy atom. The van der Waals surface area contributed by atoms with E-state index in [0.717, 1.165) is 15.4 Å². The molecule has 0 bridgehead atoms. The number of aromatic nitrogens is 1. The van der Waals surface area contributed by atoms with Crippen molar-refractivity contribution in [3.05, 3.63) is 34.9 Å². The lowest BCUT2D eigenvalue weighted by atomic mass is 10.2. The summed E-state index contributed by atoms with van der Waals surface area (Å²) in [6.45, 7) is -0.0558. The van der Waals surface area contributed by atoms with Gasteiger partial charge >= 0.3 is 6.03 Å². The van der Waals surface area contributed by atoms with Crippen molar-refractivity contribution < 1.29 is 9.59 Å². The average molecular weight is 323 g/mol. The summed E-state index contributed by atoms with van der Waals surface area (Å²) in [4.78, 5) is 26.1. The molecule has 1 aromatic carbocycles. The van der Waals surface area contributed by atoms with Gasteiger partial charge in [0.05, 0.1) is 17.7 Å². The molecule has 2 aromatic rings. The number of nitrogens with two attached hydrogens (primary N) is 1. The number of para-hydroxylation sites is 1. The Hall–Kier alpha value is -2.15. The summed E-state index contributed by atoms with van der Waals surface area (Å²) in [6, 6.07) is 6.64. The number of rotatable bonds is 3. The number of halogens is 1. The van der Waals surface area contributed by atoms with E-state index in [-0.39, 0.29) is 6.54 Å². The van der Waals surface area contributed by atoms with Gasteiger partial charge in [-0.25, -0.2) is 4.79 Å². The normalized spacial score (nSPS) is 10.2. The van der Waals surface area contributed by atoms with E-state index < -0.39 is 11.9 Å². The molecule has 0 radical (unpaired) electrons. The first kappa shape index (κ1) is 13.3. The van der Waals surface area contributed by atoms with Gasteiger partial charge in [0.2, 0.25) is 5.91 Å². The zero-order chi connectivity index (χ0) is 13.8. The van der Waals surface area contributed by atoms with Gasteiger partial charge in [0.1, 0.15) is 0 Å². The number of benzene rings is 1. The number of primary amides is 1. The molecule has 0 saturated heterocycles. The van der Waals surface area contributed by atoms with Crippen LogP contribution in [0.5, 0.6) is 0 Å². The summed E-state index contributed by atoms with van der Waals surface area (Å²) in [5.41, 5.74) is 6.31. The Morgan fingerprint density at radius 2 is 2.16 bits per heavy atom. The van der Waals surface area contributed by atoms with Crippen LogP contribution in [0.2, 0.25) is 0 Å². The Labute approximate surface area is 117 Å². The van der Waals surface area contributed by atoms with E-state index in [1.165, 1.54) is 0 Å². The number of imide groups is 1. The number of nitrogens with zero attached hydrogens (tertiary/aromatic N) is 1. The fourth-order valence-electron chi connectivity index (χ4n) is 1.63. The van der Waals surface area contributed by atoms with Gasteiger partial charge in [-0.05, 0) is 28.1 Å². The van der Waals surface area contributed by atoms with Crippen molar-refractivity contribution in [3.8, 4) is 0 Å². The van der Waals surface area contributed by atoms with Crippen LogP contribution in [-0.4, -0.2) is 23.5 Å². The highest BCUT2D eigenvalue weighted by atomic mass is 79.9. The van der Waals surface area contributed by atoms with Gasteiger partial charge in [0.15, 0.2) is 0 Å². The second kappa shape index (κ2) is 5.66. The fourth-order valence-corrected chi connectivity index (χ4v) is 1.98. The van der Waals surface area contributed by atoms with Crippen LogP contribution in [0.1, 0.15) is 0 Å². The summed E-state index contributed by atoms with van der Waals surface area (Å²) in [7, 11) is 0. The largest absolute Gasteiger partial charge is 0.374 e. The number of pyridine rings is 1. The Bertz CT molecular complexity index is 645. The van der Waals surface area contributed by atoms with Crippen molar-refractivity contribution in [1.29, 1.82) is 0 Å². The minimum Gasteiger partial charge on any atom is -0.374 e. The number of hydrogen-bond acceptors (Lipinski definition) is 4. The molecule has 6 nitrogen and oxygen atoms in total. The molecule has 0 spiro atoms. The van der Waals surface area contributed by atoms with Crippen LogP contribution in [0.4, 0.5) is 10.5 Å². The zero-order valence-corrected chi connectivity index (χ0v) is 11.4. The van der Waals surface area contributed by atoms with Gasteiger partial charge in [0, 0.05) is 16.1 Å². The van der Waals surface area contributed by atoms with E-state index in [1.807, 2.05) is 23.5 Å². The molecule has 0 unspecified atom stereocenters. The smallest absolute Gasteiger partial charge is 0.318 e. The fraction of sp³-hybridized carbons (Fsp3) is 0.0833. The topological polar surface area (TPSA) is 97.1 Å². The SMILES string of the molecule is NC(=O)NC(=O)CNc1cccc2cc(Br)cnc12. The number of carbonyl (C=O) groups excluding carboxylic acids is 2. The summed E-state index contributed by atoms with van der Waals surface area (Å²) in [5, 5.41) is 5.83. The molecule has 0 aliphatic rings. The van der Waals surface area contributed by atoms with Crippen LogP contribution in [-0.2, 0) is 4.79 Å². The van der Waals surface area contributed by atoms with Gasteiger partial charge in [-0.2, -0.15) is 0 Å². The highest BCUT2D eigenvalue weighted by Crippen LogP contribution is 2.23. The molecule has 0 atom stereocenters. The van der Waals surface area contributed by atoms with Crippen molar-refractivity contribution in [2.45, 2.75) is 0 Å². The van der Waals surface area contributed by atoms with E-state index in [9.17, 15) is 9.59 Å². The van der Waals surface area contributed by atoms with Gasteiger partial charge in [0.25, 0.3) is 0 Å². The van der Waals surface area contributed by atoms with Gasteiger partial charge in [-0.1, -0.05) is 12.1 Å². The molecule has 0 aliphatic heterocycles. The molecule has 98 valence electrons. The summed E-state index contributed by atoms with van der Waals surface area (Å²) in [5.74, 6) is -0.499. The summed E-state index contributed by atoms with van der Waals surface area (Å²) < 4.78 is 0.878. The Morgan fingerprint density at radius 1 is 1.37 bits per heavy atom. The molecule has 0 aliphatic carbocycles. The quantitative estimate of drug-likeness (QED) is 0.799. The first-order chi connectivity index (χ1) is 9.06. The van der Waals surface area contributed by atoms with Crippen molar-refractivity contribution in [2.75, 3.05) is 11.9 Å². The number of amides is 3. The Kier molecular flexibility index (Phi) is 3.96. The van der Waals surface area contributed by atoms with Crippen molar-refractivity contribution >= 4 is 44.5 Å². The standard InChI is InChI=1S/C12H11BrN4O2/c13-8-4-7-2-1-3-9(11(7)16-5-8)15-6-10(18)17-12(14)19/h1-5,15H,6H2,(H3,14,17,18,19). The number of carbonyl (C=O) groups is 2. The lowest BCUT2D eigenvalue weighted by molar-refractivity contribution is -0.118. The van der Waals surface area contributed by atoms with Crippen molar-refractivity contribution in [3.63, 3.8) is 0 Å². The predicted molar refractivity (Wildman–Crippen MR) is 75.7 cm³/mol. The van der Waals surface area contributed by atoms with Crippen LogP contribution < -0.4 is 16.4 Å². The number of anilines is 1. The first-order valence-corrected chi connectivity index (χ1v) is 6.23. The van der Waals surface area contributed by atoms with Crippen molar-refractivity contribution in [1.82, 2.24) is 10.3 Å². The molecular weight excluding hydrogens is 312 g/mol. The number of nitrogens with one attached hydrogen (secondary N) is 2. The maximum absolute atomic E-state index is 11.3. The van der Waals surface area contributed by atoms with Crippen LogP contribution >= 0.6 is 15.9 Å². The van der Waals surface area contributed by atoms with E-state index >= 15 is 0 Å². The average Bonchev–Trinajstić information content (AvgIpc) is 2.35. The Balaban J connectivity index is 2.17. The molecule has 19 heavy (non-hydrogen) atoms. The summed E-state index contributed by atoms with van der Waals surface area (Å²) in [6.07, 6.45) is 1.68. The second-order valence-corrected chi connectivity index (χ2v) is 4.71. The number of urea groups is 1.